The highest BCUT2D eigenvalue weighted by molar-refractivity contribution is 5.77. The molecule has 1 amide bonds. The third-order valence-electron chi connectivity index (χ3n) is 4.08. The first-order valence-electron chi connectivity index (χ1n) is 7.46. The summed E-state index contributed by atoms with van der Waals surface area (Å²) in [6, 6.07) is 0.803. The summed E-state index contributed by atoms with van der Waals surface area (Å²) in [5.74, 6) is 1.27. The van der Waals surface area contributed by atoms with Crippen molar-refractivity contribution in [2.45, 2.75) is 71.9 Å². The van der Waals surface area contributed by atoms with Gasteiger partial charge in [-0.3, -0.25) is 4.79 Å². The second-order valence-corrected chi connectivity index (χ2v) is 6.37. The van der Waals surface area contributed by atoms with Crippen LogP contribution in [-0.4, -0.2) is 29.4 Å². The average Bonchev–Trinajstić information content (AvgIpc) is 2.27. The molecule has 1 rings (SSSR count). The summed E-state index contributed by atoms with van der Waals surface area (Å²) < 4.78 is 0. The fourth-order valence-corrected chi connectivity index (χ4v) is 3.19. The third kappa shape index (κ3) is 4.27. The van der Waals surface area contributed by atoms with Crippen LogP contribution in [0.25, 0.3) is 0 Å². The van der Waals surface area contributed by atoms with E-state index in [2.05, 4.69) is 32.6 Å². The van der Waals surface area contributed by atoms with Gasteiger partial charge in [0.2, 0.25) is 5.91 Å². The van der Waals surface area contributed by atoms with Gasteiger partial charge >= 0.3 is 0 Å². The minimum Gasteiger partial charge on any atom is -0.337 e. The highest BCUT2D eigenvalue weighted by atomic mass is 16.2. The first kappa shape index (κ1) is 15.5. The molecule has 1 aliphatic heterocycles. The van der Waals surface area contributed by atoms with Crippen LogP contribution < -0.4 is 5.73 Å². The highest BCUT2D eigenvalue weighted by Gasteiger charge is 2.29. The van der Waals surface area contributed by atoms with E-state index in [0.717, 1.165) is 19.3 Å². The van der Waals surface area contributed by atoms with Gasteiger partial charge in [0.15, 0.2) is 0 Å². The van der Waals surface area contributed by atoms with Crippen molar-refractivity contribution < 1.29 is 4.79 Å². The maximum atomic E-state index is 12.4. The molecule has 1 aliphatic rings. The molecule has 0 radical (unpaired) electrons. The van der Waals surface area contributed by atoms with Gasteiger partial charge in [0.25, 0.3) is 0 Å². The summed E-state index contributed by atoms with van der Waals surface area (Å²) in [6.07, 6.45) is 5.22. The molecule has 3 nitrogen and oxygen atoms in total. The molecule has 0 spiro atoms. The molecule has 3 atom stereocenters. The zero-order valence-corrected chi connectivity index (χ0v) is 12.5. The Labute approximate surface area is 112 Å². The number of hydrogen-bond donors (Lipinski definition) is 1. The normalized spacial score (nSPS) is 26.4. The van der Waals surface area contributed by atoms with Gasteiger partial charge in [0, 0.05) is 18.5 Å². The second-order valence-electron chi connectivity index (χ2n) is 6.37. The first-order valence-corrected chi connectivity index (χ1v) is 7.46. The van der Waals surface area contributed by atoms with E-state index in [1.807, 2.05) is 0 Å². The number of hydrogen-bond acceptors (Lipinski definition) is 2. The Hall–Kier alpha value is -0.570. The molecular formula is C15H30N2O. The minimum atomic E-state index is 0.311. The Morgan fingerprint density at radius 1 is 1.28 bits per heavy atom. The van der Waals surface area contributed by atoms with Crippen molar-refractivity contribution in [2.75, 3.05) is 6.54 Å². The smallest absolute Gasteiger partial charge is 0.223 e. The molecule has 0 aromatic heterocycles. The zero-order valence-electron chi connectivity index (χ0n) is 12.5. The fourth-order valence-electron chi connectivity index (χ4n) is 3.19. The maximum Gasteiger partial charge on any atom is 0.223 e. The molecule has 3 heteroatoms. The lowest BCUT2D eigenvalue weighted by atomic mass is 9.91. The van der Waals surface area contributed by atoms with E-state index >= 15 is 0 Å². The minimum absolute atomic E-state index is 0.311. The lowest BCUT2D eigenvalue weighted by molar-refractivity contribution is -0.138. The molecule has 0 saturated carbocycles. The van der Waals surface area contributed by atoms with Crippen molar-refractivity contribution in [3.63, 3.8) is 0 Å². The van der Waals surface area contributed by atoms with Gasteiger partial charge in [-0.15, -0.1) is 0 Å². The monoisotopic (exact) mass is 254 g/mol. The molecular weight excluding hydrogens is 224 g/mol. The van der Waals surface area contributed by atoms with E-state index in [0.29, 0.717) is 42.8 Å². The predicted molar refractivity (Wildman–Crippen MR) is 76.2 cm³/mol. The van der Waals surface area contributed by atoms with Gasteiger partial charge in [-0.05, 0) is 57.9 Å². The third-order valence-corrected chi connectivity index (χ3v) is 4.08. The van der Waals surface area contributed by atoms with Crippen LogP contribution in [-0.2, 0) is 4.79 Å². The molecule has 0 unspecified atom stereocenters. The van der Waals surface area contributed by atoms with Crippen molar-refractivity contribution in [2.24, 2.45) is 17.6 Å². The summed E-state index contributed by atoms with van der Waals surface area (Å²) in [6.45, 7) is 9.36. The largest absolute Gasteiger partial charge is 0.337 e. The Balaban J connectivity index is 2.56. The van der Waals surface area contributed by atoms with Crippen molar-refractivity contribution in [3.05, 3.63) is 0 Å². The zero-order chi connectivity index (χ0) is 13.7. The van der Waals surface area contributed by atoms with Crippen LogP contribution in [0.5, 0.6) is 0 Å². The molecule has 18 heavy (non-hydrogen) atoms. The maximum absolute atomic E-state index is 12.4. The Morgan fingerprint density at radius 3 is 2.28 bits per heavy atom. The highest BCUT2D eigenvalue weighted by Crippen LogP contribution is 2.25. The van der Waals surface area contributed by atoms with Crippen LogP contribution in [0, 0.1) is 11.8 Å². The van der Waals surface area contributed by atoms with E-state index in [9.17, 15) is 4.79 Å². The number of amides is 1. The number of likely N-dealkylation sites (tertiary alicyclic amines) is 1. The number of piperidine rings is 1. The van der Waals surface area contributed by atoms with Crippen LogP contribution >= 0.6 is 0 Å². The van der Waals surface area contributed by atoms with Crippen molar-refractivity contribution in [1.82, 2.24) is 4.90 Å². The van der Waals surface area contributed by atoms with E-state index in [1.165, 1.54) is 6.42 Å². The van der Waals surface area contributed by atoms with Gasteiger partial charge in [-0.1, -0.05) is 13.8 Å². The Bertz CT molecular complexity index is 255. The summed E-state index contributed by atoms with van der Waals surface area (Å²) in [5.41, 5.74) is 5.80. The number of nitrogens with zero attached hydrogens (tertiary/aromatic N) is 1. The number of carbonyl (C=O) groups excluding carboxylic acids is 1. The van der Waals surface area contributed by atoms with Crippen LogP contribution in [0.3, 0.4) is 0 Å². The van der Waals surface area contributed by atoms with E-state index in [4.69, 9.17) is 5.73 Å². The van der Waals surface area contributed by atoms with Gasteiger partial charge in [0.05, 0.1) is 0 Å². The Kier molecular flexibility index (Phi) is 6.13. The van der Waals surface area contributed by atoms with Crippen LogP contribution in [0.15, 0.2) is 0 Å². The van der Waals surface area contributed by atoms with Crippen LogP contribution in [0.2, 0.25) is 0 Å². The molecule has 0 aromatic carbocycles. The lowest BCUT2D eigenvalue weighted by Gasteiger charge is -2.39. The number of carbonyl (C=O) groups is 1. The van der Waals surface area contributed by atoms with Gasteiger partial charge in [0.1, 0.15) is 0 Å². The lowest BCUT2D eigenvalue weighted by Crippen LogP contribution is -2.48. The molecule has 0 aliphatic carbocycles. The summed E-state index contributed by atoms with van der Waals surface area (Å²) >= 11 is 0. The van der Waals surface area contributed by atoms with Crippen LogP contribution in [0.4, 0.5) is 0 Å². The number of nitrogens with two attached hydrogens (primary N) is 1. The van der Waals surface area contributed by atoms with Crippen LogP contribution in [0.1, 0.15) is 59.8 Å². The Morgan fingerprint density at radius 2 is 1.83 bits per heavy atom. The van der Waals surface area contributed by atoms with E-state index in [1.54, 1.807) is 0 Å². The van der Waals surface area contributed by atoms with Gasteiger partial charge in [-0.25, -0.2) is 0 Å². The van der Waals surface area contributed by atoms with E-state index < -0.39 is 0 Å². The van der Waals surface area contributed by atoms with E-state index in [-0.39, 0.29) is 0 Å². The quantitative estimate of drug-likeness (QED) is 0.820. The summed E-state index contributed by atoms with van der Waals surface area (Å²) in [7, 11) is 0. The van der Waals surface area contributed by atoms with Crippen molar-refractivity contribution in [3.8, 4) is 0 Å². The molecule has 0 aromatic rings. The molecule has 1 saturated heterocycles. The topological polar surface area (TPSA) is 46.3 Å². The van der Waals surface area contributed by atoms with Gasteiger partial charge in [-0.2, -0.15) is 0 Å². The summed E-state index contributed by atoms with van der Waals surface area (Å²) in [5, 5.41) is 0. The molecule has 1 fully saturated rings. The molecule has 106 valence electrons. The molecule has 2 N–H and O–H groups in total. The molecule has 0 bridgehead atoms. The predicted octanol–water partition coefficient (Wildman–Crippen LogP) is 2.79. The van der Waals surface area contributed by atoms with Crippen molar-refractivity contribution >= 4 is 5.91 Å². The SMILES string of the molecule is CC(C)C[C@H](CN)CC(=O)N1[C@H](C)CCC[C@@H]1C. The fraction of sp³-hybridized carbons (Fsp3) is 0.933. The van der Waals surface area contributed by atoms with Gasteiger partial charge < -0.3 is 10.6 Å². The molecule has 1 heterocycles. The second kappa shape index (κ2) is 7.13. The standard InChI is InChI=1S/C15H30N2O/c1-11(2)8-14(10-16)9-15(18)17-12(3)6-5-7-13(17)4/h11-14H,5-10,16H2,1-4H3/t12-,13+,14-/m0/s1. The first-order chi connectivity index (χ1) is 8.45. The average molecular weight is 254 g/mol. The van der Waals surface area contributed by atoms with Crippen molar-refractivity contribution in [1.29, 1.82) is 0 Å². The summed E-state index contributed by atoms with van der Waals surface area (Å²) in [4.78, 5) is 14.5. The number of rotatable bonds is 5.